The third-order valence-electron chi connectivity index (χ3n) is 4.62. The molecule has 9 heteroatoms. The Kier molecular flexibility index (Phi) is 4.97. The van der Waals surface area contributed by atoms with Crippen molar-refractivity contribution in [1.82, 2.24) is 19.9 Å². The van der Waals surface area contributed by atoms with Crippen LogP contribution in [0.4, 0.5) is 11.6 Å². The molecule has 3 heterocycles. The smallest absolute Gasteiger partial charge is 0.254 e. The number of fused-ring (bicyclic) bond motifs is 1. The molecule has 144 valence electrons. The van der Waals surface area contributed by atoms with Gasteiger partial charge in [0.15, 0.2) is 5.15 Å². The lowest BCUT2D eigenvalue weighted by Gasteiger charge is -2.38. The van der Waals surface area contributed by atoms with Crippen molar-refractivity contribution in [3.63, 3.8) is 0 Å². The number of amides is 1. The van der Waals surface area contributed by atoms with E-state index in [0.717, 1.165) is 5.39 Å². The van der Waals surface area contributed by atoms with Gasteiger partial charge in [-0.3, -0.25) is 4.79 Å². The number of pyridine rings is 1. The summed E-state index contributed by atoms with van der Waals surface area (Å²) in [4.78, 5) is 27.0. The van der Waals surface area contributed by atoms with E-state index in [9.17, 15) is 4.79 Å². The first-order valence-electron chi connectivity index (χ1n) is 8.63. The summed E-state index contributed by atoms with van der Waals surface area (Å²) in [5.74, 6) is 0.805. The van der Waals surface area contributed by atoms with Crippen LogP contribution in [0.2, 0.25) is 5.15 Å². The average molecular weight is 400 g/mol. The van der Waals surface area contributed by atoms with E-state index in [-0.39, 0.29) is 12.0 Å². The molecule has 28 heavy (non-hydrogen) atoms. The second-order valence-corrected chi connectivity index (χ2v) is 6.70. The molecular weight excluding hydrogens is 382 g/mol. The van der Waals surface area contributed by atoms with E-state index in [4.69, 9.17) is 21.1 Å². The van der Waals surface area contributed by atoms with E-state index >= 15 is 0 Å². The van der Waals surface area contributed by atoms with E-state index in [1.807, 2.05) is 0 Å². The molecule has 0 unspecified atom stereocenters. The van der Waals surface area contributed by atoms with E-state index in [1.54, 1.807) is 55.8 Å². The molecule has 1 fully saturated rings. The Labute approximate surface area is 166 Å². The summed E-state index contributed by atoms with van der Waals surface area (Å²) in [6.45, 7) is 1.19. The fourth-order valence-electron chi connectivity index (χ4n) is 2.97. The lowest BCUT2D eigenvalue weighted by Crippen LogP contribution is -2.54. The van der Waals surface area contributed by atoms with Crippen molar-refractivity contribution in [3.8, 4) is 5.75 Å². The second kappa shape index (κ2) is 7.57. The van der Waals surface area contributed by atoms with Crippen molar-refractivity contribution in [1.29, 1.82) is 0 Å². The van der Waals surface area contributed by atoms with Gasteiger partial charge in [0.2, 0.25) is 5.95 Å². The van der Waals surface area contributed by atoms with Crippen LogP contribution in [-0.4, -0.2) is 59.2 Å². The van der Waals surface area contributed by atoms with Gasteiger partial charge < -0.3 is 19.7 Å². The minimum Gasteiger partial charge on any atom is -0.495 e. The van der Waals surface area contributed by atoms with Crippen LogP contribution in [0.1, 0.15) is 10.4 Å². The molecule has 1 saturated heterocycles. The number of aromatic nitrogens is 3. The van der Waals surface area contributed by atoms with E-state index in [0.29, 0.717) is 46.7 Å². The van der Waals surface area contributed by atoms with Crippen molar-refractivity contribution >= 4 is 40.0 Å². The van der Waals surface area contributed by atoms with Gasteiger partial charge in [0.25, 0.3) is 5.91 Å². The van der Waals surface area contributed by atoms with Gasteiger partial charge in [-0.1, -0.05) is 11.6 Å². The maximum atomic E-state index is 12.6. The van der Waals surface area contributed by atoms with E-state index in [2.05, 4.69) is 20.3 Å². The summed E-state index contributed by atoms with van der Waals surface area (Å²) in [6.07, 6.45) is 3.38. The predicted octanol–water partition coefficient (Wildman–Crippen LogP) is 2.90. The molecule has 0 bridgehead atoms. The SMILES string of the molecule is COc1cc(C(=O)N2CC(OC)C2)ccc1Nc1ncc2ccnc(Cl)c2n1. The minimum absolute atomic E-state index is 0.0574. The van der Waals surface area contributed by atoms with Crippen LogP contribution < -0.4 is 10.1 Å². The summed E-state index contributed by atoms with van der Waals surface area (Å²) in [6, 6.07) is 6.98. The van der Waals surface area contributed by atoms with Gasteiger partial charge >= 0.3 is 0 Å². The highest BCUT2D eigenvalue weighted by Crippen LogP contribution is 2.29. The average Bonchev–Trinajstić information content (AvgIpc) is 2.68. The van der Waals surface area contributed by atoms with Gasteiger partial charge in [-0.2, -0.15) is 0 Å². The number of carbonyl (C=O) groups excluding carboxylic acids is 1. The maximum Gasteiger partial charge on any atom is 0.254 e. The first kappa shape index (κ1) is 18.4. The lowest BCUT2D eigenvalue weighted by molar-refractivity contribution is -0.0192. The molecule has 4 rings (SSSR count). The Bertz CT molecular complexity index is 1040. The van der Waals surface area contributed by atoms with Gasteiger partial charge in [-0.15, -0.1) is 0 Å². The first-order valence-corrected chi connectivity index (χ1v) is 9.01. The number of rotatable bonds is 5. The molecule has 1 N–H and O–H groups in total. The molecule has 8 nitrogen and oxygen atoms in total. The summed E-state index contributed by atoms with van der Waals surface area (Å²) < 4.78 is 10.7. The molecule has 3 aromatic rings. The Morgan fingerprint density at radius 3 is 2.82 bits per heavy atom. The molecule has 2 aromatic heterocycles. The molecule has 0 aliphatic carbocycles. The summed E-state index contributed by atoms with van der Waals surface area (Å²) >= 11 is 6.11. The summed E-state index contributed by atoms with van der Waals surface area (Å²) in [5, 5.41) is 4.20. The molecule has 1 aliphatic heterocycles. The van der Waals surface area contributed by atoms with Crippen LogP contribution in [0.3, 0.4) is 0 Å². The molecule has 0 atom stereocenters. The van der Waals surface area contributed by atoms with Crippen molar-refractivity contribution in [3.05, 3.63) is 47.4 Å². The van der Waals surface area contributed by atoms with Crippen molar-refractivity contribution in [2.24, 2.45) is 0 Å². The number of methoxy groups -OCH3 is 2. The van der Waals surface area contributed by atoms with Crippen molar-refractivity contribution in [2.75, 3.05) is 32.6 Å². The van der Waals surface area contributed by atoms with Crippen LogP contribution >= 0.6 is 11.6 Å². The quantitative estimate of drug-likeness (QED) is 0.660. The number of ether oxygens (including phenoxy) is 2. The third-order valence-corrected chi connectivity index (χ3v) is 4.89. The van der Waals surface area contributed by atoms with Crippen molar-refractivity contribution < 1.29 is 14.3 Å². The van der Waals surface area contributed by atoms with E-state index < -0.39 is 0 Å². The fraction of sp³-hybridized carbons (Fsp3) is 0.263. The van der Waals surface area contributed by atoms with Crippen LogP contribution in [0.5, 0.6) is 5.75 Å². The highest BCUT2D eigenvalue weighted by molar-refractivity contribution is 6.33. The number of hydrogen-bond donors (Lipinski definition) is 1. The lowest BCUT2D eigenvalue weighted by atomic mass is 10.1. The highest BCUT2D eigenvalue weighted by Gasteiger charge is 2.31. The number of anilines is 2. The zero-order valence-corrected chi connectivity index (χ0v) is 16.1. The topological polar surface area (TPSA) is 89.5 Å². The third kappa shape index (κ3) is 3.44. The Morgan fingerprint density at radius 1 is 1.25 bits per heavy atom. The van der Waals surface area contributed by atoms with Gasteiger partial charge in [0.05, 0.1) is 18.9 Å². The monoisotopic (exact) mass is 399 g/mol. The highest BCUT2D eigenvalue weighted by atomic mass is 35.5. The Morgan fingerprint density at radius 2 is 2.07 bits per heavy atom. The number of nitrogens with one attached hydrogen (secondary N) is 1. The number of likely N-dealkylation sites (tertiary alicyclic amines) is 1. The van der Waals surface area contributed by atoms with E-state index in [1.165, 1.54) is 0 Å². The van der Waals surface area contributed by atoms with Gasteiger partial charge in [0.1, 0.15) is 11.3 Å². The zero-order valence-electron chi connectivity index (χ0n) is 15.3. The summed E-state index contributed by atoms with van der Waals surface area (Å²) in [5.41, 5.74) is 1.73. The van der Waals surface area contributed by atoms with Crippen LogP contribution in [0.15, 0.2) is 36.7 Å². The van der Waals surface area contributed by atoms with Crippen LogP contribution in [0, 0.1) is 0 Å². The maximum absolute atomic E-state index is 12.6. The molecule has 1 amide bonds. The first-order chi connectivity index (χ1) is 13.6. The number of carbonyl (C=O) groups is 1. The summed E-state index contributed by atoms with van der Waals surface area (Å²) in [7, 11) is 3.19. The molecule has 1 aromatic carbocycles. The van der Waals surface area contributed by atoms with Crippen LogP contribution in [-0.2, 0) is 4.74 Å². The second-order valence-electron chi connectivity index (χ2n) is 6.34. The molecule has 0 spiro atoms. The van der Waals surface area contributed by atoms with Crippen LogP contribution in [0.25, 0.3) is 10.9 Å². The van der Waals surface area contributed by atoms with Gasteiger partial charge in [-0.25, -0.2) is 15.0 Å². The van der Waals surface area contributed by atoms with Gasteiger partial charge in [-0.05, 0) is 24.3 Å². The number of nitrogens with zero attached hydrogens (tertiary/aromatic N) is 4. The molecule has 0 saturated carbocycles. The Hall–Kier alpha value is -2.97. The standard InChI is InChI=1S/C19H18ClN5O3/c1-27-13-9-25(10-13)18(26)11-3-4-14(15(7-11)28-2)23-19-22-8-12-5-6-21-17(20)16(12)24-19/h3-8,13H,9-10H2,1-2H3,(H,22,23,24). The largest absolute Gasteiger partial charge is 0.495 e. The Balaban J connectivity index is 1.57. The van der Waals surface area contributed by atoms with Crippen molar-refractivity contribution in [2.45, 2.75) is 6.10 Å². The fourth-order valence-corrected chi connectivity index (χ4v) is 3.17. The zero-order chi connectivity index (χ0) is 19.7. The normalized spacial score (nSPS) is 14.0. The van der Waals surface area contributed by atoms with Gasteiger partial charge in [0, 0.05) is 43.5 Å². The number of benzene rings is 1. The molecule has 0 radical (unpaired) electrons. The minimum atomic E-state index is -0.0574. The number of halogens is 1. The molecular formula is C19H18ClN5O3. The number of hydrogen-bond acceptors (Lipinski definition) is 7. The molecule has 1 aliphatic rings. The predicted molar refractivity (Wildman–Crippen MR) is 105 cm³/mol.